The summed E-state index contributed by atoms with van der Waals surface area (Å²) in [6.45, 7) is 6.80. The number of nitrogens with zero attached hydrogens (tertiary/aromatic N) is 1. The number of hydrogen-bond donors (Lipinski definition) is 1. The minimum Gasteiger partial charge on any atom is -0.384 e. The third-order valence-corrected chi connectivity index (χ3v) is 4.21. The molecular weight excluding hydrogens is 256 g/mol. The fourth-order valence-electron chi connectivity index (χ4n) is 2.19. The Morgan fingerprint density at radius 1 is 1.37 bits per heavy atom. The molecule has 0 saturated carbocycles. The highest BCUT2D eigenvalue weighted by Gasteiger charge is 2.20. The van der Waals surface area contributed by atoms with Crippen LogP contribution in [0.4, 0.5) is 5.69 Å². The van der Waals surface area contributed by atoms with Gasteiger partial charge >= 0.3 is 0 Å². The largest absolute Gasteiger partial charge is 0.384 e. The highest BCUT2D eigenvalue weighted by Crippen LogP contribution is 2.21. The Labute approximate surface area is 119 Å². The molecule has 1 N–H and O–H groups in total. The van der Waals surface area contributed by atoms with Gasteiger partial charge < -0.3 is 10.2 Å². The van der Waals surface area contributed by atoms with E-state index >= 15 is 0 Å². The molecule has 0 atom stereocenters. The van der Waals surface area contributed by atoms with E-state index in [0.717, 1.165) is 54.4 Å². The predicted octanol–water partition coefficient (Wildman–Crippen LogP) is 3.01. The van der Waals surface area contributed by atoms with Crippen molar-refractivity contribution in [1.29, 1.82) is 0 Å². The number of nitrogens with one attached hydrogen (secondary N) is 1. The van der Waals surface area contributed by atoms with Crippen LogP contribution in [0.3, 0.4) is 0 Å². The number of aryl methyl sites for hydroxylation is 1. The van der Waals surface area contributed by atoms with Crippen LogP contribution in [-0.4, -0.2) is 41.9 Å². The number of amides is 1. The summed E-state index contributed by atoms with van der Waals surface area (Å²) in [5, 5.41) is 3.36. The van der Waals surface area contributed by atoms with Crippen LogP contribution in [0.1, 0.15) is 29.3 Å². The monoisotopic (exact) mass is 278 g/mol. The van der Waals surface area contributed by atoms with Gasteiger partial charge in [0.1, 0.15) is 0 Å². The average molecular weight is 278 g/mol. The van der Waals surface area contributed by atoms with E-state index in [4.69, 9.17) is 0 Å². The lowest BCUT2D eigenvalue weighted by Crippen LogP contribution is -2.38. The molecule has 104 valence electrons. The molecule has 0 radical (unpaired) electrons. The Morgan fingerprint density at radius 3 is 2.79 bits per heavy atom. The van der Waals surface area contributed by atoms with Gasteiger partial charge in [0.25, 0.3) is 5.91 Å². The fourth-order valence-corrected chi connectivity index (χ4v) is 3.09. The van der Waals surface area contributed by atoms with E-state index in [9.17, 15) is 4.79 Å². The fraction of sp³-hybridized carbons (Fsp3) is 0.533. The number of rotatable bonds is 4. The predicted molar refractivity (Wildman–Crippen MR) is 83.2 cm³/mol. The number of benzene rings is 1. The quantitative estimate of drug-likeness (QED) is 0.919. The van der Waals surface area contributed by atoms with E-state index in [1.807, 2.05) is 35.7 Å². The van der Waals surface area contributed by atoms with Crippen molar-refractivity contribution >= 4 is 23.4 Å². The summed E-state index contributed by atoms with van der Waals surface area (Å²) in [5.74, 6) is 2.27. The zero-order valence-electron chi connectivity index (χ0n) is 11.7. The highest BCUT2D eigenvalue weighted by atomic mass is 32.2. The van der Waals surface area contributed by atoms with Crippen LogP contribution in [-0.2, 0) is 0 Å². The summed E-state index contributed by atoms with van der Waals surface area (Å²) in [6, 6.07) is 6.08. The van der Waals surface area contributed by atoms with Gasteiger partial charge in [-0.05, 0) is 25.5 Å². The van der Waals surface area contributed by atoms with Crippen LogP contribution in [0.25, 0.3) is 0 Å². The molecule has 1 aromatic rings. The molecular formula is C15H22N2OS. The zero-order valence-corrected chi connectivity index (χ0v) is 12.6. The maximum absolute atomic E-state index is 12.6. The maximum atomic E-state index is 12.6. The molecule has 0 aliphatic carbocycles. The lowest BCUT2D eigenvalue weighted by Gasteiger charge is -2.27. The Balaban J connectivity index is 2.20. The van der Waals surface area contributed by atoms with Gasteiger partial charge in [-0.1, -0.05) is 18.6 Å². The van der Waals surface area contributed by atoms with Crippen LogP contribution in [0.5, 0.6) is 0 Å². The molecule has 1 fully saturated rings. The zero-order chi connectivity index (χ0) is 13.7. The first-order valence-corrected chi connectivity index (χ1v) is 8.09. The third kappa shape index (κ3) is 3.66. The second kappa shape index (κ2) is 6.85. The van der Waals surface area contributed by atoms with E-state index in [-0.39, 0.29) is 5.91 Å². The average Bonchev–Trinajstić information content (AvgIpc) is 2.46. The van der Waals surface area contributed by atoms with Gasteiger partial charge in [-0.15, -0.1) is 0 Å². The minimum atomic E-state index is 0.169. The first kappa shape index (κ1) is 14.3. The summed E-state index contributed by atoms with van der Waals surface area (Å²) in [7, 11) is 0. The first-order valence-electron chi connectivity index (χ1n) is 6.94. The second-order valence-corrected chi connectivity index (χ2v) is 6.11. The molecule has 1 amide bonds. The molecule has 2 rings (SSSR count). The molecule has 0 unspecified atom stereocenters. The molecule has 0 spiro atoms. The van der Waals surface area contributed by atoms with E-state index in [1.54, 1.807) is 0 Å². The SMILES string of the molecule is CCCNc1ccc(C)cc1C(=O)N1CCSCC1. The standard InChI is InChI=1S/C15H22N2OS/c1-3-6-16-14-5-4-12(2)11-13(14)15(18)17-7-9-19-10-8-17/h4-5,11,16H,3,6-10H2,1-2H3. The van der Waals surface area contributed by atoms with E-state index < -0.39 is 0 Å². The maximum Gasteiger partial charge on any atom is 0.256 e. The number of thioether (sulfide) groups is 1. The first-order chi connectivity index (χ1) is 9.22. The summed E-state index contributed by atoms with van der Waals surface area (Å²) in [5.41, 5.74) is 2.92. The van der Waals surface area contributed by atoms with E-state index in [0.29, 0.717) is 0 Å². The van der Waals surface area contributed by atoms with Crippen molar-refractivity contribution < 1.29 is 4.79 Å². The molecule has 1 aliphatic heterocycles. The summed E-state index contributed by atoms with van der Waals surface area (Å²) in [6.07, 6.45) is 1.06. The molecule has 0 aromatic heterocycles. The van der Waals surface area contributed by atoms with Gasteiger partial charge in [-0.3, -0.25) is 4.79 Å². The van der Waals surface area contributed by atoms with Crippen LogP contribution >= 0.6 is 11.8 Å². The van der Waals surface area contributed by atoms with Gasteiger partial charge in [0.15, 0.2) is 0 Å². The van der Waals surface area contributed by atoms with Crippen molar-refractivity contribution in [2.24, 2.45) is 0 Å². The van der Waals surface area contributed by atoms with E-state index in [1.165, 1.54) is 0 Å². The lowest BCUT2D eigenvalue weighted by molar-refractivity contribution is 0.0773. The van der Waals surface area contributed by atoms with Crippen LogP contribution < -0.4 is 5.32 Å². The molecule has 1 heterocycles. The van der Waals surface area contributed by atoms with Crippen molar-refractivity contribution in [2.75, 3.05) is 36.5 Å². The van der Waals surface area contributed by atoms with E-state index in [2.05, 4.69) is 18.3 Å². The van der Waals surface area contributed by atoms with Crippen molar-refractivity contribution in [3.63, 3.8) is 0 Å². The molecule has 1 aliphatic rings. The molecule has 4 heteroatoms. The summed E-state index contributed by atoms with van der Waals surface area (Å²) >= 11 is 1.92. The van der Waals surface area contributed by atoms with Gasteiger partial charge in [0, 0.05) is 36.8 Å². The number of hydrogen-bond acceptors (Lipinski definition) is 3. The number of carbonyl (C=O) groups is 1. The minimum absolute atomic E-state index is 0.169. The Kier molecular flexibility index (Phi) is 5.14. The Hall–Kier alpha value is -1.16. The van der Waals surface area contributed by atoms with Crippen molar-refractivity contribution in [2.45, 2.75) is 20.3 Å². The Bertz CT molecular complexity index is 442. The smallest absolute Gasteiger partial charge is 0.256 e. The van der Waals surface area contributed by atoms with Crippen LogP contribution in [0, 0.1) is 6.92 Å². The van der Waals surface area contributed by atoms with Gasteiger partial charge in [-0.2, -0.15) is 11.8 Å². The third-order valence-electron chi connectivity index (χ3n) is 3.27. The molecule has 19 heavy (non-hydrogen) atoms. The molecule has 1 saturated heterocycles. The van der Waals surface area contributed by atoms with Crippen LogP contribution in [0.2, 0.25) is 0 Å². The van der Waals surface area contributed by atoms with Gasteiger partial charge in [0.05, 0.1) is 5.56 Å². The molecule has 3 nitrogen and oxygen atoms in total. The van der Waals surface area contributed by atoms with Crippen LogP contribution in [0.15, 0.2) is 18.2 Å². The summed E-state index contributed by atoms with van der Waals surface area (Å²) < 4.78 is 0. The second-order valence-electron chi connectivity index (χ2n) is 4.88. The molecule has 1 aromatic carbocycles. The van der Waals surface area contributed by atoms with Crippen molar-refractivity contribution in [1.82, 2.24) is 4.90 Å². The van der Waals surface area contributed by atoms with Gasteiger partial charge in [-0.25, -0.2) is 0 Å². The Morgan fingerprint density at radius 2 is 2.11 bits per heavy atom. The highest BCUT2D eigenvalue weighted by molar-refractivity contribution is 7.99. The lowest BCUT2D eigenvalue weighted by atomic mass is 10.1. The summed E-state index contributed by atoms with van der Waals surface area (Å²) in [4.78, 5) is 14.6. The number of carbonyl (C=O) groups excluding carboxylic acids is 1. The van der Waals surface area contributed by atoms with Crippen molar-refractivity contribution in [3.8, 4) is 0 Å². The normalized spacial score (nSPS) is 15.4. The topological polar surface area (TPSA) is 32.3 Å². The molecule has 0 bridgehead atoms. The van der Waals surface area contributed by atoms with Crippen molar-refractivity contribution in [3.05, 3.63) is 29.3 Å². The number of anilines is 1. The van der Waals surface area contributed by atoms with Gasteiger partial charge in [0.2, 0.25) is 0 Å².